The lowest BCUT2D eigenvalue weighted by molar-refractivity contribution is 1.35. The second-order valence-electron chi connectivity index (χ2n) is 7.07. The molecule has 6 aromatic rings. The van der Waals surface area contributed by atoms with Gasteiger partial charge in [-0.05, 0) is 40.8 Å². The molecule has 0 atom stereocenters. The number of nitrogens with zero attached hydrogens (tertiary/aromatic N) is 1. The fraction of sp³-hybridized carbons (Fsp3) is 0. The summed E-state index contributed by atoms with van der Waals surface area (Å²) in [6.45, 7) is 0. The normalized spacial score (nSPS) is 11.7. The zero-order valence-electron chi connectivity index (χ0n) is 14.8. The number of hydrogen-bond acceptors (Lipinski definition) is 0. The van der Waals surface area contributed by atoms with Crippen molar-refractivity contribution in [3.63, 3.8) is 0 Å². The summed E-state index contributed by atoms with van der Waals surface area (Å²) in [4.78, 5) is 0. The molecule has 0 amide bonds. The highest BCUT2D eigenvalue weighted by Gasteiger charge is 2.12. The van der Waals surface area contributed by atoms with Gasteiger partial charge in [0.15, 0.2) is 0 Å². The number of fused-ring (bicyclic) bond motifs is 8. The van der Waals surface area contributed by atoms with Crippen LogP contribution in [0.4, 0.5) is 0 Å². The van der Waals surface area contributed by atoms with Crippen LogP contribution in [-0.4, -0.2) is 4.40 Å². The van der Waals surface area contributed by atoms with Gasteiger partial charge >= 0.3 is 0 Å². The lowest BCUT2D eigenvalue weighted by Crippen LogP contribution is -1.91. The van der Waals surface area contributed by atoms with Crippen molar-refractivity contribution in [2.75, 3.05) is 0 Å². The van der Waals surface area contributed by atoms with Crippen molar-refractivity contribution in [2.24, 2.45) is 0 Å². The van der Waals surface area contributed by atoms with Crippen LogP contribution in [-0.2, 0) is 0 Å². The van der Waals surface area contributed by atoms with Crippen molar-refractivity contribution >= 4 is 38.1 Å². The first kappa shape index (κ1) is 14.6. The molecule has 0 saturated carbocycles. The van der Waals surface area contributed by atoms with Gasteiger partial charge in [0.25, 0.3) is 0 Å². The van der Waals surface area contributed by atoms with Crippen LogP contribution in [0.1, 0.15) is 0 Å². The third-order valence-corrected chi connectivity index (χ3v) is 5.55. The van der Waals surface area contributed by atoms with E-state index in [0.717, 1.165) is 0 Å². The van der Waals surface area contributed by atoms with Gasteiger partial charge in [0.05, 0.1) is 16.6 Å². The molecule has 0 N–H and O–H groups in total. The first-order valence-electron chi connectivity index (χ1n) is 9.30. The van der Waals surface area contributed by atoms with Crippen molar-refractivity contribution in [2.45, 2.75) is 0 Å². The number of aromatic nitrogens is 1. The van der Waals surface area contributed by atoms with Gasteiger partial charge in [-0.25, -0.2) is 0 Å². The molecule has 2 aromatic heterocycles. The molecule has 4 aromatic carbocycles. The lowest BCUT2D eigenvalue weighted by atomic mass is 9.99. The van der Waals surface area contributed by atoms with Gasteiger partial charge in [0.1, 0.15) is 0 Å². The molecule has 0 bridgehead atoms. The number of pyridine rings is 1. The van der Waals surface area contributed by atoms with Gasteiger partial charge in [-0.1, -0.05) is 78.9 Å². The summed E-state index contributed by atoms with van der Waals surface area (Å²) < 4.78 is 2.40. The summed E-state index contributed by atoms with van der Waals surface area (Å²) in [7, 11) is 0. The molecular formula is C26H17N. The van der Waals surface area contributed by atoms with E-state index in [0.29, 0.717) is 0 Å². The largest absolute Gasteiger partial charge is 0.309 e. The third-order valence-electron chi connectivity index (χ3n) is 5.55. The maximum absolute atomic E-state index is 2.40. The Hall–Kier alpha value is -3.58. The molecule has 1 nitrogen and oxygen atoms in total. The highest BCUT2D eigenvalue weighted by Crippen LogP contribution is 2.35. The summed E-state index contributed by atoms with van der Waals surface area (Å²) >= 11 is 0. The minimum absolute atomic E-state index is 1.25. The van der Waals surface area contributed by atoms with Gasteiger partial charge in [0, 0.05) is 16.2 Å². The van der Waals surface area contributed by atoms with E-state index >= 15 is 0 Å². The van der Waals surface area contributed by atoms with Gasteiger partial charge < -0.3 is 4.40 Å². The van der Waals surface area contributed by atoms with Crippen molar-refractivity contribution in [1.82, 2.24) is 4.40 Å². The molecule has 0 aliphatic rings. The molecule has 0 aliphatic carbocycles. The molecule has 0 saturated heterocycles. The molecule has 2 heterocycles. The number of benzene rings is 4. The molecule has 0 unspecified atom stereocenters. The first-order chi connectivity index (χ1) is 13.4. The Kier molecular flexibility index (Phi) is 2.95. The Morgan fingerprint density at radius 1 is 0.407 bits per heavy atom. The fourth-order valence-electron chi connectivity index (χ4n) is 4.31. The van der Waals surface area contributed by atoms with Crippen LogP contribution in [0.15, 0.2) is 103 Å². The van der Waals surface area contributed by atoms with Crippen molar-refractivity contribution in [3.8, 4) is 11.1 Å². The standard InChI is InChI=1S/C26H17N/c1-2-8-18(9-3-1)19-14-15-25-23(16-19)21-11-5-6-12-22(21)26-17-20-10-4-7-13-24(20)27(25)26/h1-17H. The predicted octanol–water partition coefficient (Wildman–Crippen LogP) is 7.07. The maximum atomic E-state index is 2.40. The number of para-hydroxylation sites is 1. The van der Waals surface area contributed by atoms with Crippen LogP contribution < -0.4 is 0 Å². The number of rotatable bonds is 1. The molecule has 126 valence electrons. The second-order valence-corrected chi connectivity index (χ2v) is 7.07. The van der Waals surface area contributed by atoms with Crippen molar-refractivity contribution < 1.29 is 0 Å². The van der Waals surface area contributed by atoms with E-state index in [1.54, 1.807) is 0 Å². The van der Waals surface area contributed by atoms with E-state index in [1.165, 1.54) is 49.2 Å². The summed E-state index contributed by atoms with van der Waals surface area (Å²) in [6.07, 6.45) is 0. The van der Waals surface area contributed by atoms with Crippen LogP contribution in [0.25, 0.3) is 49.2 Å². The zero-order chi connectivity index (χ0) is 17.8. The second kappa shape index (κ2) is 5.46. The van der Waals surface area contributed by atoms with Crippen molar-refractivity contribution in [3.05, 3.63) is 103 Å². The van der Waals surface area contributed by atoms with E-state index in [4.69, 9.17) is 0 Å². The summed E-state index contributed by atoms with van der Waals surface area (Å²) in [6, 6.07) is 37.1. The highest BCUT2D eigenvalue weighted by molar-refractivity contribution is 6.16. The quantitative estimate of drug-likeness (QED) is 0.281. The molecule has 0 spiro atoms. The Morgan fingerprint density at radius 3 is 2.04 bits per heavy atom. The minimum atomic E-state index is 1.25. The summed E-state index contributed by atoms with van der Waals surface area (Å²) in [5.74, 6) is 0. The fourth-order valence-corrected chi connectivity index (χ4v) is 4.31. The Morgan fingerprint density at radius 2 is 1.15 bits per heavy atom. The SMILES string of the molecule is c1ccc(-c2ccc3c(c2)c2ccccc2c2cc4ccccc4n32)cc1. The van der Waals surface area contributed by atoms with Crippen LogP contribution in [0.2, 0.25) is 0 Å². The molecule has 0 radical (unpaired) electrons. The average molecular weight is 343 g/mol. The molecule has 0 aliphatic heterocycles. The van der Waals surface area contributed by atoms with Crippen LogP contribution in [0, 0.1) is 0 Å². The highest BCUT2D eigenvalue weighted by atomic mass is 14.9. The van der Waals surface area contributed by atoms with E-state index in [1.807, 2.05) is 0 Å². The molecule has 6 rings (SSSR count). The van der Waals surface area contributed by atoms with E-state index in [9.17, 15) is 0 Å². The summed E-state index contributed by atoms with van der Waals surface area (Å²) in [5, 5.41) is 5.18. The Balaban J connectivity index is 1.85. The van der Waals surface area contributed by atoms with Crippen LogP contribution in [0.3, 0.4) is 0 Å². The molecule has 1 heteroatoms. The van der Waals surface area contributed by atoms with E-state index in [-0.39, 0.29) is 0 Å². The van der Waals surface area contributed by atoms with Crippen LogP contribution >= 0.6 is 0 Å². The monoisotopic (exact) mass is 343 g/mol. The Bertz CT molecular complexity index is 1460. The summed E-state index contributed by atoms with van der Waals surface area (Å²) in [5.41, 5.74) is 6.29. The van der Waals surface area contributed by atoms with Crippen LogP contribution in [0.5, 0.6) is 0 Å². The van der Waals surface area contributed by atoms with Gasteiger partial charge in [0.2, 0.25) is 0 Å². The van der Waals surface area contributed by atoms with E-state index < -0.39 is 0 Å². The minimum Gasteiger partial charge on any atom is -0.309 e. The number of hydrogen-bond donors (Lipinski definition) is 0. The van der Waals surface area contributed by atoms with E-state index in [2.05, 4.69) is 108 Å². The van der Waals surface area contributed by atoms with Gasteiger partial charge in [-0.3, -0.25) is 0 Å². The average Bonchev–Trinajstić information content (AvgIpc) is 3.14. The zero-order valence-corrected chi connectivity index (χ0v) is 14.8. The van der Waals surface area contributed by atoms with Gasteiger partial charge in [-0.15, -0.1) is 0 Å². The topological polar surface area (TPSA) is 4.41 Å². The smallest absolute Gasteiger partial charge is 0.0547 e. The Labute approximate surface area is 157 Å². The lowest BCUT2D eigenvalue weighted by Gasteiger charge is -2.12. The van der Waals surface area contributed by atoms with Crippen molar-refractivity contribution in [1.29, 1.82) is 0 Å². The molecule has 0 fully saturated rings. The third kappa shape index (κ3) is 2.06. The van der Waals surface area contributed by atoms with Gasteiger partial charge in [-0.2, -0.15) is 0 Å². The first-order valence-corrected chi connectivity index (χ1v) is 9.30. The molecular weight excluding hydrogens is 326 g/mol. The maximum Gasteiger partial charge on any atom is 0.0547 e. The molecule has 27 heavy (non-hydrogen) atoms. The predicted molar refractivity (Wildman–Crippen MR) is 115 cm³/mol.